The van der Waals surface area contributed by atoms with E-state index >= 15 is 0 Å². The zero-order valence-electron chi connectivity index (χ0n) is 18.8. The molecule has 166 valence electrons. The molecule has 6 nitrogen and oxygen atoms in total. The highest BCUT2D eigenvalue weighted by Gasteiger charge is 2.28. The van der Waals surface area contributed by atoms with Crippen molar-refractivity contribution in [1.29, 1.82) is 0 Å². The minimum atomic E-state index is -0.551. The standard InChI is InChI=1S/C25H32N2O4/c1-17(2)22-7-5-6-8-23(22)31-18(3)25(29)27-15-13-20(14-16-27)26-24(28)19-9-11-21(30-4)12-10-19/h5-12,17-18,20H,13-16H2,1-4H3,(H,26,28). The summed E-state index contributed by atoms with van der Waals surface area (Å²) >= 11 is 0. The van der Waals surface area contributed by atoms with Gasteiger partial charge in [-0.05, 0) is 61.6 Å². The number of para-hydroxylation sites is 1. The molecule has 0 bridgehead atoms. The molecule has 2 amide bonds. The van der Waals surface area contributed by atoms with Crippen LogP contribution in [-0.4, -0.2) is 49.1 Å². The molecule has 1 N–H and O–H groups in total. The Hall–Kier alpha value is -3.02. The predicted molar refractivity (Wildman–Crippen MR) is 121 cm³/mol. The Kier molecular flexibility index (Phi) is 7.55. The first kappa shape index (κ1) is 22.7. The third-order valence-electron chi connectivity index (χ3n) is 5.69. The number of benzene rings is 2. The van der Waals surface area contributed by atoms with Crippen LogP contribution in [0.4, 0.5) is 0 Å². The lowest BCUT2D eigenvalue weighted by Gasteiger charge is -2.34. The number of nitrogens with zero attached hydrogens (tertiary/aromatic N) is 1. The maximum atomic E-state index is 12.9. The fraction of sp³-hybridized carbons (Fsp3) is 0.440. The van der Waals surface area contributed by atoms with Crippen molar-refractivity contribution in [2.75, 3.05) is 20.2 Å². The van der Waals surface area contributed by atoms with Gasteiger partial charge in [-0.2, -0.15) is 0 Å². The van der Waals surface area contributed by atoms with Gasteiger partial charge >= 0.3 is 0 Å². The highest BCUT2D eigenvalue weighted by molar-refractivity contribution is 5.94. The smallest absolute Gasteiger partial charge is 0.263 e. The molecule has 1 fully saturated rings. The largest absolute Gasteiger partial charge is 0.497 e. The van der Waals surface area contributed by atoms with E-state index < -0.39 is 6.10 Å². The Morgan fingerprint density at radius 1 is 1.00 bits per heavy atom. The van der Waals surface area contributed by atoms with Crippen molar-refractivity contribution in [2.45, 2.75) is 51.7 Å². The second kappa shape index (κ2) is 10.3. The Labute approximate surface area is 184 Å². The molecule has 1 aliphatic rings. The quantitative estimate of drug-likeness (QED) is 0.729. The number of nitrogens with one attached hydrogen (secondary N) is 1. The number of ether oxygens (including phenoxy) is 2. The monoisotopic (exact) mass is 424 g/mol. The van der Waals surface area contributed by atoms with Crippen LogP contribution in [0.1, 0.15) is 55.5 Å². The SMILES string of the molecule is COc1ccc(C(=O)NC2CCN(C(=O)C(C)Oc3ccccc3C(C)C)CC2)cc1. The molecule has 0 aromatic heterocycles. The average Bonchev–Trinajstić information content (AvgIpc) is 2.79. The molecule has 6 heteroatoms. The van der Waals surface area contributed by atoms with Crippen molar-refractivity contribution in [3.8, 4) is 11.5 Å². The van der Waals surface area contributed by atoms with Crippen LogP contribution in [0.5, 0.6) is 11.5 Å². The fourth-order valence-electron chi connectivity index (χ4n) is 3.82. The normalized spacial score (nSPS) is 15.5. The molecule has 0 saturated carbocycles. The van der Waals surface area contributed by atoms with Crippen LogP contribution < -0.4 is 14.8 Å². The summed E-state index contributed by atoms with van der Waals surface area (Å²) in [5.41, 5.74) is 1.70. The fourth-order valence-corrected chi connectivity index (χ4v) is 3.82. The zero-order valence-corrected chi connectivity index (χ0v) is 18.8. The van der Waals surface area contributed by atoms with Gasteiger partial charge in [-0.25, -0.2) is 0 Å². The molecule has 0 spiro atoms. The molecular weight excluding hydrogens is 392 g/mol. The number of likely N-dealkylation sites (tertiary alicyclic amines) is 1. The van der Waals surface area contributed by atoms with Gasteiger partial charge < -0.3 is 19.7 Å². The Balaban J connectivity index is 1.50. The van der Waals surface area contributed by atoms with Crippen molar-refractivity contribution in [3.63, 3.8) is 0 Å². The molecule has 1 saturated heterocycles. The first-order valence-electron chi connectivity index (χ1n) is 10.9. The van der Waals surface area contributed by atoms with Crippen LogP contribution in [-0.2, 0) is 4.79 Å². The van der Waals surface area contributed by atoms with Gasteiger partial charge in [0.25, 0.3) is 11.8 Å². The van der Waals surface area contributed by atoms with Gasteiger partial charge in [0, 0.05) is 24.7 Å². The maximum Gasteiger partial charge on any atom is 0.263 e. The van der Waals surface area contributed by atoms with Gasteiger partial charge in [-0.3, -0.25) is 9.59 Å². The van der Waals surface area contributed by atoms with E-state index in [1.807, 2.05) is 29.2 Å². The molecule has 1 atom stereocenters. The second-order valence-electron chi connectivity index (χ2n) is 8.25. The highest BCUT2D eigenvalue weighted by Crippen LogP contribution is 2.27. The van der Waals surface area contributed by atoms with Gasteiger partial charge in [0.15, 0.2) is 6.10 Å². The van der Waals surface area contributed by atoms with Crippen molar-refractivity contribution >= 4 is 11.8 Å². The summed E-state index contributed by atoms with van der Waals surface area (Å²) in [6.45, 7) is 7.23. The summed E-state index contributed by atoms with van der Waals surface area (Å²) in [5, 5.41) is 3.07. The molecule has 2 aromatic carbocycles. The summed E-state index contributed by atoms with van der Waals surface area (Å²) in [7, 11) is 1.60. The van der Waals surface area contributed by atoms with Crippen LogP contribution >= 0.6 is 0 Å². The third kappa shape index (κ3) is 5.78. The molecule has 1 aliphatic heterocycles. The molecular formula is C25H32N2O4. The van der Waals surface area contributed by atoms with E-state index in [-0.39, 0.29) is 17.9 Å². The topological polar surface area (TPSA) is 67.9 Å². The van der Waals surface area contributed by atoms with Crippen LogP contribution in [0.25, 0.3) is 0 Å². The van der Waals surface area contributed by atoms with Crippen molar-refractivity contribution in [2.24, 2.45) is 0 Å². The molecule has 3 rings (SSSR count). The van der Waals surface area contributed by atoms with Crippen LogP contribution in [0, 0.1) is 0 Å². The Morgan fingerprint density at radius 2 is 1.65 bits per heavy atom. The number of amides is 2. The average molecular weight is 425 g/mol. The van der Waals surface area contributed by atoms with E-state index in [0.29, 0.717) is 24.6 Å². The first-order chi connectivity index (χ1) is 14.9. The summed E-state index contributed by atoms with van der Waals surface area (Å²) in [5.74, 6) is 1.69. The van der Waals surface area contributed by atoms with Gasteiger partial charge in [0.05, 0.1) is 7.11 Å². The highest BCUT2D eigenvalue weighted by atomic mass is 16.5. The molecule has 0 radical (unpaired) electrons. The number of hydrogen-bond acceptors (Lipinski definition) is 4. The van der Waals surface area contributed by atoms with Gasteiger partial charge in [0.2, 0.25) is 0 Å². The van der Waals surface area contributed by atoms with Gasteiger partial charge in [-0.15, -0.1) is 0 Å². The molecule has 2 aromatic rings. The van der Waals surface area contributed by atoms with Crippen LogP contribution in [0.15, 0.2) is 48.5 Å². The minimum Gasteiger partial charge on any atom is -0.497 e. The van der Waals surface area contributed by atoms with E-state index in [0.717, 1.165) is 29.9 Å². The molecule has 1 heterocycles. The summed E-state index contributed by atoms with van der Waals surface area (Å²) in [6, 6.07) is 15.0. The lowest BCUT2D eigenvalue weighted by Crippen LogP contribution is -2.49. The van der Waals surface area contributed by atoms with Gasteiger partial charge in [0.1, 0.15) is 11.5 Å². The van der Waals surface area contributed by atoms with Crippen LogP contribution in [0.3, 0.4) is 0 Å². The summed E-state index contributed by atoms with van der Waals surface area (Å²) < 4.78 is 11.1. The Bertz CT molecular complexity index is 887. The number of rotatable bonds is 7. The molecule has 0 aliphatic carbocycles. The summed E-state index contributed by atoms with van der Waals surface area (Å²) in [6.07, 6.45) is 0.900. The van der Waals surface area contributed by atoms with Crippen molar-refractivity contribution in [3.05, 3.63) is 59.7 Å². The maximum absolute atomic E-state index is 12.9. The summed E-state index contributed by atoms with van der Waals surface area (Å²) in [4.78, 5) is 27.2. The lowest BCUT2D eigenvalue weighted by molar-refractivity contribution is -0.139. The van der Waals surface area contributed by atoms with E-state index in [1.165, 1.54) is 0 Å². The first-order valence-corrected chi connectivity index (χ1v) is 10.9. The van der Waals surface area contributed by atoms with E-state index in [2.05, 4.69) is 19.2 Å². The number of hydrogen-bond donors (Lipinski definition) is 1. The molecule has 1 unspecified atom stereocenters. The van der Waals surface area contributed by atoms with Gasteiger partial charge in [-0.1, -0.05) is 32.0 Å². The van der Waals surface area contributed by atoms with E-state index in [1.54, 1.807) is 38.3 Å². The third-order valence-corrected chi connectivity index (χ3v) is 5.69. The molecule has 31 heavy (non-hydrogen) atoms. The van der Waals surface area contributed by atoms with Crippen molar-refractivity contribution in [1.82, 2.24) is 10.2 Å². The van der Waals surface area contributed by atoms with E-state index in [4.69, 9.17) is 9.47 Å². The van der Waals surface area contributed by atoms with E-state index in [9.17, 15) is 9.59 Å². The second-order valence-corrected chi connectivity index (χ2v) is 8.25. The predicted octanol–water partition coefficient (Wildman–Crippen LogP) is 4.01. The lowest BCUT2D eigenvalue weighted by atomic mass is 10.0. The minimum absolute atomic E-state index is 0.0153. The number of carbonyl (C=O) groups excluding carboxylic acids is 2. The van der Waals surface area contributed by atoms with Crippen molar-refractivity contribution < 1.29 is 19.1 Å². The number of piperidine rings is 1. The zero-order chi connectivity index (χ0) is 22.4. The number of carbonyl (C=O) groups is 2. The number of methoxy groups -OCH3 is 1. The van der Waals surface area contributed by atoms with Crippen LogP contribution in [0.2, 0.25) is 0 Å². The Morgan fingerprint density at radius 3 is 2.26 bits per heavy atom.